The summed E-state index contributed by atoms with van der Waals surface area (Å²) in [5.41, 5.74) is 1.85. The molecule has 0 aliphatic rings. The van der Waals surface area contributed by atoms with Gasteiger partial charge in [-0.3, -0.25) is 0 Å². The fourth-order valence-electron chi connectivity index (χ4n) is 2.85. The van der Waals surface area contributed by atoms with Crippen LogP contribution in [-0.2, 0) is 23.1 Å². The monoisotopic (exact) mass is 392 g/mol. The molecule has 2 heterocycles. The van der Waals surface area contributed by atoms with Gasteiger partial charge in [-0.15, -0.1) is 12.6 Å². The van der Waals surface area contributed by atoms with E-state index < -0.39 is 9.05 Å². The fraction of sp³-hybridized carbons (Fsp3) is 0.111. The van der Waals surface area contributed by atoms with Crippen molar-refractivity contribution in [2.75, 3.05) is 0 Å². The van der Waals surface area contributed by atoms with E-state index in [1.165, 1.54) is 17.0 Å². The molecule has 0 spiro atoms. The van der Waals surface area contributed by atoms with Crippen molar-refractivity contribution >= 4 is 54.2 Å². The van der Waals surface area contributed by atoms with Crippen molar-refractivity contribution in [2.24, 2.45) is 14.1 Å². The van der Waals surface area contributed by atoms with Crippen molar-refractivity contribution < 1.29 is 8.42 Å². The second-order valence-corrected chi connectivity index (χ2v) is 8.72. The molecule has 4 rings (SSSR count). The van der Waals surface area contributed by atoms with E-state index in [9.17, 15) is 8.42 Å². The van der Waals surface area contributed by atoms with Crippen molar-refractivity contribution in [2.45, 2.75) is 9.79 Å². The molecule has 2 aromatic heterocycles. The van der Waals surface area contributed by atoms with E-state index in [0.29, 0.717) is 5.52 Å². The van der Waals surface area contributed by atoms with Crippen LogP contribution in [0, 0.1) is 0 Å². The smallest absolute Gasteiger partial charge is 0.263 e. The third kappa shape index (κ3) is 3.56. The largest absolute Gasteiger partial charge is 0.350 e. The van der Waals surface area contributed by atoms with E-state index in [2.05, 4.69) is 29.3 Å². The lowest BCUT2D eigenvalue weighted by atomic mass is 10.2. The second-order valence-electron chi connectivity index (χ2n) is 5.70. The summed E-state index contributed by atoms with van der Waals surface area (Å²) in [4.78, 5) is 1.19. The van der Waals surface area contributed by atoms with Crippen LogP contribution in [0.2, 0.25) is 0 Å². The number of hydrogen-bond donors (Lipinski definition) is 1. The Balaban J connectivity index is 0.000000150. The van der Waals surface area contributed by atoms with Crippen molar-refractivity contribution in [1.82, 2.24) is 9.13 Å². The molecule has 0 bridgehead atoms. The minimum absolute atomic E-state index is 0.157. The standard InChI is InChI=1S/C9H8ClNO2S.C9H9NS/c1-11-6-5-7-3-2-4-8(9(7)11)14(10,12)13;1-10-6-5-7-3-2-4-8(11)9(7)10/h2-6H,1H3;2-6,11H,1H3. The van der Waals surface area contributed by atoms with Gasteiger partial charge < -0.3 is 9.13 Å². The summed E-state index contributed by atoms with van der Waals surface area (Å²) in [5, 5.41) is 2.12. The summed E-state index contributed by atoms with van der Waals surface area (Å²) in [5.74, 6) is 0. The molecular weight excluding hydrogens is 376 g/mol. The van der Waals surface area contributed by atoms with Crippen LogP contribution in [0.25, 0.3) is 21.8 Å². The van der Waals surface area contributed by atoms with Crippen LogP contribution in [0.5, 0.6) is 0 Å². The molecule has 4 nitrogen and oxygen atoms in total. The molecule has 25 heavy (non-hydrogen) atoms. The summed E-state index contributed by atoms with van der Waals surface area (Å²) < 4.78 is 26.3. The number of aryl methyl sites for hydroxylation is 2. The molecule has 0 saturated heterocycles. The maximum absolute atomic E-state index is 11.2. The molecule has 2 aromatic carbocycles. The number of aromatic nitrogens is 2. The fourth-order valence-corrected chi connectivity index (χ4v) is 4.33. The highest BCUT2D eigenvalue weighted by atomic mass is 35.7. The second kappa shape index (κ2) is 6.78. The Morgan fingerprint density at radius 1 is 0.840 bits per heavy atom. The topological polar surface area (TPSA) is 44.0 Å². The Morgan fingerprint density at radius 3 is 1.92 bits per heavy atom. The first-order chi connectivity index (χ1) is 11.8. The molecule has 0 N–H and O–H groups in total. The van der Waals surface area contributed by atoms with E-state index in [0.717, 1.165) is 10.3 Å². The lowest BCUT2D eigenvalue weighted by molar-refractivity contribution is 0.610. The third-order valence-corrected chi connectivity index (χ3v) is 5.71. The van der Waals surface area contributed by atoms with E-state index in [1.807, 2.05) is 37.5 Å². The summed E-state index contributed by atoms with van der Waals surface area (Å²) >= 11 is 4.37. The molecule has 0 aliphatic heterocycles. The average Bonchev–Trinajstić information content (AvgIpc) is 3.12. The average molecular weight is 393 g/mol. The Morgan fingerprint density at radius 2 is 1.36 bits per heavy atom. The predicted molar refractivity (Wildman–Crippen MR) is 106 cm³/mol. The lowest BCUT2D eigenvalue weighted by Crippen LogP contribution is -1.95. The SMILES string of the molecule is Cn1ccc2cccc(S(=O)(=O)Cl)c21.Cn1ccc2cccc(S)c21. The van der Waals surface area contributed by atoms with Crippen LogP contribution in [0.3, 0.4) is 0 Å². The lowest BCUT2D eigenvalue weighted by Gasteiger charge is -2.01. The van der Waals surface area contributed by atoms with Crippen molar-refractivity contribution in [3.8, 4) is 0 Å². The van der Waals surface area contributed by atoms with Gasteiger partial charge in [-0.1, -0.05) is 24.3 Å². The van der Waals surface area contributed by atoms with Gasteiger partial charge in [0.25, 0.3) is 9.05 Å². The number of halogens is 1. The van der Waals surface area contributed by atoms with Gasteiger partial charge in [0, 0.05) is 52.8 Å². The molecule has 7 heteroatoms. The maximum atomic E-state index is 11.2. The maximum Gasteiger partial charge on any atom is 0.263 e. The summed E-state index contributed by atoms with van der Waals surface area (Å²) in [6, 6.07) is 15.1. The van der Waals surface area contributed by atoms with Crippen LogP contribution in [-0.4, -0.2) is 17.6 Å². The molecule has 0 radical (unpaired) electrons. The van der Waals surface area contributed by atoms with Crippen LogP contribution >= 0.6 is 23.3 Å². The summed E-state index contributed by atoms with van der Waals surface area (Å²) in [7, 11) is 5.47. The zero-order valence-electron chi connectivity index (χ0n) is 13.7. The van der Waals surface area contributed by atoms with Crippen LogP contribution < -0.4 is 0 Å². The predicted octanol–water partition coefficient (Wildman–Crippen LogP) is 4.57. The van der Waals surface area contributed by atoms with Gasteiger partial charge in [-0.05, 0) is 24.3 Å². The molecular formula is C18H17ClN2O2S2. The van der Waals surface area contributed by atoms with Gasteiger partial charge in [0.15, 0.2) is 0 Å². The quantitative estimate of drug-likeness (QED) is 0.381. The number of para-hydroxylation sites is 2. The number of rotatable bonds is 1. The zero-order chi connectivity index (χ0) is 18.2. The summed E-state index contributed by atoms with van der Waals surface area (Å²) in [6.45, 7) is 0. The highest BCUT2D eigenvalue weighted by Crippen LogP contribution is 2.25. The molecule has 130 valence electrons. The van der Waals surface area contributed by atoms with Crippen LogP contribution in [0.15, 0.2) is 70.7 Å². The Hall–Kier alpha value is -1.89. The number of fused-ring (bicyclic) bond motifs is 2. The molecule has 4 aromatic rings. The minimum Gasteiger partial charge on any atom is -0.350 e. The normalized spacial score (nSPS) is 11.5. The Labute approximate surface area is 156 Å². The van der Waals surface area contributed by atoms with Gasteiger partial charge in [0.1, 0.15) is 4.90 Å². The molecule has 0 unspecified atom stereocenters. The van der Waals surface area contributed by atoms with E-state index in [-0.39, 0.29) is 4.90 Å². The highest BCUT2D eigenvalue weighted by Gasteiger charge is 2.15. The number of thiol groups is 1. The highest BCUT2D eigenvalue weighted by molar-refractivity contribution is 8.14. The van der Waals surface area contributed by atoms with E-state index in [4.69, 9.17) is 10.7 Å². The number of hydrogen-bond acceptors (Lipinski definition) is 3. The van der Waals surface area contributed by atoms with Crippen molar-refractivity contribution in [3.05, 3.63) is 60.9 Å². The first-order valence-electron chi connectivity index (χ1n) is 7.51. The third-order valence-electron chi connectivity index (χ3n) is 4.00. The van der Waals surface area contributed by atoms with Crippen molar-refractivity contribution in [1.29, 1.82) is 0 Å². The van der Waals surface area contributed by atoms with Gasteiger partial charge >= 0.3 is 0 Å². The Kier molecular flexibility index (Phi) is 4.86. The number of nitrogens with zero attached hydrogens (tertiary/aromatic N) is 2. The van der Waals surface area contributed by atoms with Crippen molar-refractivity contribution in [3.63, 3.8) is 0 Å². The Bertz CT molecular complexity index is 1160. The zero-order valence-corrected chi connectivity index (χ0v) is 16.2. The molecule has 0 fully saturated rings. The molecule has 0 aliphatic carbocycles. The summed E-state index contributed by atoms with van der Waals surface area (Å²) in [6.07, 6.45) is 3.85. The first kappa shape index (κ1) is 17.9. The van der Waals surface area contributed by atoms with E-state index >= 15 is 0 Å². The van der Waals surface area contributed by atoms with Gasteiger partial charge in [-0.25, -0.2) is 8.42 Å². The van der Waals surface area contributed by atoms with Crippen LogP contribution in [0.4, 0.5) is 0 Å². The number of benzene rings is 2. The molecule has 0 atom stereocenters. The van der Waals surface area contributed by atoms with Gasteiger partial charge in [-0.2, -0.15) is 0 Å². The molecule has 0 saturated carbocycles. The van der Waals surface area contributed by atoms with Crippen LogP contribution in [0.1, 0.15) is 0 Å². The van der Waals surface area contributed by atoms with Gasteiger partial charge in [0.05, 0.1) is 11.0 Å². The van der Waals surface area contributed by atoms with E-state index in [1.54, 1.807) is 23.9 Å². The molecule has 0 amide bonds. The van der Waals surface area contributed by atoms with Gasteiger partial charge in [0.2, 0.25) is 0 Å². The minimum atomic E-state index is -3.67. The first-order valence-corrected chi connectivity index (χ1v) is 10.3.